The molecule has 2 amide bonds. The van der Waals surface area contributed by atoms with E-state index in [2.05, 4.69) is 20.8 Å². The molecule has 23 heavy (non-hydrogen) atoms. The first-order valence-corrected chi connectivity index (χ1v) is 7.21. The fourth-order valence-corrected chi connectivity index (χ4v) is 2.18. The quantitative estimate of drug-likeness (QED) is 0.771. The lowest BCUT2D eigenvalue weighted by Gasteiger charge is -2.11. The number of urea groups is 1. The predicted octanol–water partition coefficient (Wildman–Crippen LogP) is 3.61. The van der Waals surface area contributed by atoms with Gasteiger partial charge in [-0.1, -0.05) is 41.6 Å². The van der Waals surface area contributed by atoms with Crippen LogP contribution in [-0.2, 0) is 6.42 Å². The van der Waals surface area contributed by atoms with Crippen molar-refractivity contribution in [2.75, 3.05) is 10.6 Å². The number of benzene rings is 2. The van der Waals surface area contributed by atoms with Crippen LogP contribution in [0.25, 0.3) is 0 Å². The zero-order valence-corrected chi connectivity index (χ0v) is 12.6. The van der Waals surface area contributed by atoms with Crippen LogP contribution in [0, 0.1) is 6.92 Å². The molecule has 0 atom stereocenters. The van der Waals surface area contributed by atoms with Crippen molar-refractivity contribution >= 4 is 17.4 Å². The molecule has 2 aromatic carbocycles. The lowest BCUT2D eigenvalue weighted by Crippen LogP contribution is -2.20. The van der Waals surface area contributed by atoms with Crippen LogP contribution in [0.4, 0.5) is 16.2 Å². The Morgan fingerprint density at radius 2 is 1.78 bits per heavy atom. The SMILES string of the molecule is Cc1noc(Cc2ccccc2NC(=O)Nc2ccccc2)n1. The van der Waals surface area contributed by atoms with E-state index < -0.39 is 0 Å². The van der Waals surface area contributed by atoms with Crippen molar-refractivity contribution in [1.29, 1.82) is 0 Å². The third-order valence-electron chi connectivity index (χ3n) is 3.21. The van der Waals surface area contributed by atoms with Gasteiger partial charge in [0.1, 0.15) is 0 Å². The maximum Gasteiger partial charge on any atom is 0.323 e. The molecule has 116 valence electrons. The van der Waals surface area contributed by atoms with Crippen LogP contribution in [0.1, 0.15) is 17.3 Å². The second-order valence-electron chi connectivity index (χ2n) is 5.01. The number of aromatic nitrogens is 2. The van der Waals surface area contributed by atoms with E-state index in [1.807, 2.05) is 54.6 Å². The van der Waals surface area contributed by atoms with E-state index in [1.54, 1.807) is 6.92 Å². The van der Waals surface area contributed by atoms with Gasteiger partial charge in [0.15, 0.2) is 5.82 Å². The van der Waals surface area contributed by atoms with E-state index in [0.29, 0.717) is 23.8 Å². The summed E-state index contributed by atoms with van der Waals surface area (Å²) in [5, 5.41) is 9.40. The molecular weight excluding hydrogens is 292 g/mol. The molecule has 6 heteroatoms. The molecule has 0 aliphatic carbocycles. The Balaban J connectivity index is 1.71. The first-order valence-electron chi connectivity index (χ1n) is 7.21. The van der Waals surface area contributed by atoms with Gasteiger partial charge in [-0.05, 0) is 30.7 Å². The van der Waals surface area contributed by atoms with Crippen molar-refractivity contribution in [1.82, 2.24) is 10.1 Å². The van der Waals surface area contributed by atoms with Gasteiger partial charge in [-0.25, -0.2) is 4.79 Å². The number of carbonyl (C=O) groups is 1. The highest BCUT2D eigenvalue weighted by Crippen LogP contribution is 2.19. The highest BCUT2D eigenvalue weighted by molar-refractivity contribution is 6.00. The Kier molecular flexibility index (Phi) is 4.33. The highest BCUT2D eigenvalue weighted by Gasteiger charge is 2.10. The molecule has 2 N–H and O–H groups in total. The van der Waals surface area contributed by atoms with Crippen molar-refractivity contribution < 1.29 is 9.32 Å². The molecule has 0 saturated carbocycles. The van der Waals surface area contributed by atoms with Gasteiger partial charge in [0.05, 0.1) is 6.42 Å². The maximum absolute atomic E-state index is 12.1. The molecule has 0 aliphatic heterocycles. The van der Waals surface area contributed by atoms with Gasteiger partial charge in [-0.3, -0.25) is 0 Å². The van der Waals surface area contributed by atoms with E-state index in [0.717, 1.165) is 11.3 Å². The zero-order valence-electron chi connectivity index (χ0n) is 12.6. The minimum absolute atomic E-state index is 0.301. The zero-order chi connectivity index (χ0) is 16.1. The Bertz CT molecular complexity index is 799. The number of rotatable bonds is 4. The summed E-state index contributed by atoms with van der Waals surface area (Å²) in [6.45, 7) is 1.77. The molecule has 0 aliphatic rings. The second kappa shape index (κ2) is 6.74. The number of anilines is 2. The summed E-state index contributed by atoms with van der Waals surface area (Å²) in [6, 6.07) is 16.5. The van der Waals surface area contributed by atoms with E-state index in [-0.39, 0.29) is 6.03 Å². The van der Waals surface area contributed by atoms with E-state index >= 15 is 0 Å². The van der Waals surface area contributed by atoms with Crippen LogP contribution in [0.3, 0.4) is 0 Å². The number of carbonyl (C=O) groups excluding carboxylic acids is 1. The predicted molar refractivity (Wildman–Crippen MR) is 87.4 cm³/mol. The molecule has 6 nitrogen and oxygen atoms in total. The van der Waals surface area contributed by atoms with Crippen LogP contribution in [0.5, 0.6) is 0 Å². The summed E-state index contributed by atoms with van der Waals surface area (Å²) in [5.74, 6) is 1.10. The fourth-order valence-electron chi connectivity index (χ4n) is 2.18. The average molecular weight is 308 g/mol. The van der Waals surface area contributed by atoms with Crippen molar-refractivity contribution in [3.8, 4) is 0 Å². The van der Waals surface area contributed by atoms with E-state index in [9.17, 15) is 4.79 Å². The number of amides is 2. The van der Waals surface area contributed by atoms with Crippen molar-refractivity contribution in [3.05, 3.63) is 71.9 Å². The summed E-state index contributed by atoms with van der Waals surface area (Å²) in [6.07, 6.45) is 0.461. The van der Waals surface area contributed by atoms with Crippen LogP contribution in [0.15, 0.2) is 59.1 Å². The Morgan fingerprint density at radius 3 is 2.52 bits per heavy atom. The Morgan fingerprint density at radius 1 is 1.04 bits per heavy atom. The number of para-hydroxylation sites is 2. The molecule has 3 rings (SSSR count). The number of nitrogens with zero attached hydrogens (tertiary/aromatic N) is 2. The molecule has 3 aromatic rings. The topological polar surface area (TPSA) is 80.0 Å². The largest absolute Gasteiger partial charge is 0.339 e. The number of aryl methyl sites for hydroxylation is 1. The van der Waals surface area contributed by atoms with Crippen LogP contribution >= 0.6 is 0 Å². The molecule has 0 saturated heterocycles. The number of nitrogens with one attached hydrogen (secondary N) is 2. The van der Waals surface area contributed by atoms with E-state index in [1.165, 1.54) is 0 Å². The first-order chi connectivity index (χ1) is 11.2. The van der Waals surface area contributed by atoms with Crippen molar-refractivity contribution in [2.24, 2.45) is 0 Å². The first kappa shape index (κ1) is 14.8. The number of hydrogen-bond donors (Lipinski definition) is 2. The molecule has 0 bridgehead atoms. The molecule has 1 heterocycles. The van der Waals surface area contributed by atoms with Gasteiger partial charge in [-0.15, -0.1) is 0 Å². The smallest absolute Gasteiger partial charge is 0.323 e. The van der Waals surface area contributed by atoms with Gasteiger partial charge < -0.3 is 15.2 Å². The van der Waals surface area contributed by atoms with Crippen molar-refractivity contribution in [3.63, 3.8) is 0 Å². The Labute approximate surface area is 133 Å². The van der Waals surface area contributed by atoms with E-state index in [4.69, 9.17) is 4.52 Å². The van der Waals surface area contributed by atoms with Gasteiger partial charge in [0.25, 0.3) is 0 Å². The minimum atomic E-state index is -0.301. The van der Waals surface area contributed by atoms with Crippen molar-refractivity contribution in [2.45, 2.75) is 13.3 Å². The summed E-state index contributed by atoms with van der Waals surface area (Å²) in [5.41, 5.74) is 2.34. The minimum Gasteiger partial charge on any atom is -0.339 e. The number of hydrogen-bond acceptors (Lipinski definition) is 4. The van der Waals surface area contributed by atoms with Crippen LogP contribution < -0.4 is 10.6 Å². The van der Waals surface area contributed by atoms with Crippen LogP contribution in [-0.4, -0.2) is 16.2 Å². The normalized spacial score (nSPS) is 10.3. The molecule has 0 unspecified atom stereocenters. The van der Waals surface area contributed by atoms with Gasteiger partial charge in [0.2, 0.25) is 5.89 Å². The fraction of sp³-hybridized carbons (Fsp3) is 0.118. The molecule has 1 aromatic heterocycles. The highest BCUT2D eigenvalue weighted by atomic mass is 16.5. The summed E-state index contributed by atoms with van der Waals surface area (Å²) in [4.78, 5) is 16.3. The van der Waals surface area contributed by atoms with Gasteiger partial charge in [-0.2, -0.15) is 4.98 Å². The summed E-state index contributed by atoms with van der Waals surface area (Å²) in [7, 11) is 0. The lowest BCUT2D eigenvalue weighted by molar-refractivity contribution is 0.262. The standard InChI is InChI=1S/C17H16N4O2/c1-12-18-16(23-21-12)11-13-7-5-6-10-15(13)20-17(22)19-14-8-3-2-4-9-14/h2-10H,11H2,1H3,(H2,19,20,22). The molecule has 0 fully saturated rings. The molecular formula is C17H16N4O2. The van der Waals surface area contributed by atoms with Gasteiger partial charge in [0, 0.05) is 11.4 Å². The summed E-state index contributed by atoms with van der Waals surface area (Å²) < 4.78 is 5.13. The second-order valence-corrected chi connectivity index (χ2v) is 5.01. The third kappa shape index (κ3) is 3.94. The molecule has 0 spiro atoms. The maximum atomic E-state index is 12.1. The monoisotopic (exact) mass is 308 g/mol. The van der Waals surface area contributed by atoms with Gasteiger partial charge >= 0.3 is 6.03 Å². The summed E-state index contributed by atoms with van der Waals surface area (Å²) >= 11 is 0. The van der Waals surface area contributed by atoms with Crippen LogP contribution in [0.2, 0.25) is 0 Å². The third-order valence-corrected chi connectivity index (χ3v) is 3.21. The average Bonchev–Trinajstić information content (AvgIpc) is 2.95. The Hall–Kier alpha value is -3.15. The lowest BCUT2D eigenvalue weighted by atomic mass is 10.1. The molecule has 0 radical (unpaired) electrons.